The Morgan fingerprint density at radius 1 is 1.29 bits per heavy atom. The van der Waals surface area contributed by atoms with Crippen LogP contribution < -0.4 is 5.32 Å². The molecule has 1 amide bonds. The van der Waals surface area contributed by atoms with Gasteiger partial charge in [-0.1, -0.05) is 19.3 Å². The van der Waals surface area contributed by atoms with Crippen LogP contribution in [0.1, 0.15) is 66.4 Å². The minimum Gasteiger partial charge on any atom is -0.349 e. The molecule has 0 bridgehead atoms. The Hall–Kier alpha value is -1.36. The molecule has 2 fully saturated rings. The Kier molecular flexibility index (Phi) is 3.25. The normalized spacial score (nSPS) is 20.0. The Labute approximate surface area is 128 Å². The zero-order valence-electron chi connectivity index (χ0n) is 12.4. The van der Waals surface area contributed by atoms with E-state index < -0.39 is 0 Å². The van der Waals surface area contributed by atoms with Crippen LogP contribution in [0.25, 0.3) is 10.2 Å². The van der Waals surface area contributed by atoms with E-state index in [2.05, 4.69) is 16.9 Å². The van der Waals surface area contributed by atoms with E-state index >= 15 is 0 Å². The molecule has 2 aliphatic carbocycles. The summed E-state index contributed by atoms with van der Waals surface area (Å²) in [6.45, 7) is 2.05. The molecule has 5 heteroatoms. The average Bonchev–Trinajstić information content (AvgIpc) is 3.11. The van der Waals surface area contributed by atoms with Gasteiger partial charge in [0.2, 0.25) is 0 Å². The smallest absolute Gasteiger partial charge is 0.261 e. The molecule has 0 unspecified atom stereocenters. The molecule has 0 aromatic carbocycles. The second-order valence-corrected chi connectivity index (χ2v) is 7.43. The molecule has 2 aliphatic rings. The molecule has 0 aliphatic heterocycles. The van der Waals surface area contributed by atoms with Crippen LogP contribution in [0.5, 0.6) is 0 Å². The van der Waals surface area contributed by atoms with E-state index in [1.807, 2.05) is 6.07 Å². The molecule has 0 atom stereocenters. The molecule has 2 saturated carbocycles. The third-order valence-corrected chi connectivity index (χ3v) is 5.75. The lowest BCUT2D eigenvalue weighted by Gasteiger charge is -2.22. The van der Waals surface area contributed by atoms with Gasteiger partial charge in [0.05, 0.1) is 16.6 Å². The standard InChI is InChI=1S/C16H21N3OS/c1-10-13-9-14(15(20)17-11-7-8-11)21-16(13)19(18-10)12-5-3-2-4-6-12/h9,11-12H,2-8H2,1H3,(H,17,20). The van der Waals surface area contributed by atoms with Gasteiger partial charge in [-0.05, 0) is 38.7 Å². The number of carbonyl (C=O) groups excluding carboxylic acids is 1. The molecule has 2 heterocycles. The average molecular weight is 303 g/mol. The molecule has 0 spiro atoms. The zero-order chi connectivity index (χ0) is 14.4. The minimum absolute atomic E-state index is 0.0910. The van der Waals surface area contributed by atoms with Crippen molar-refractivity contribution in [2.45, 2.75) is 64.0 Å². The van der Waals surface area contributed by atoms with Crippen molar-refractivity contribution < 1.29 is 4.79 Å². The second kappa shape index (κ2) is 5.13. The van der Waals surface area contributed by atoms with Crippen molar-refractivity contribution in [3.63, 3.8) is 0 Å². The highest BCUT2D eigenvalue weighted by atomic mass is 32.1. The van der Waals surface area contributed by atoms with E-state index in [1.54, 1.807) is 11.3 Å². The lowest BCUT2D eigenvalue weighted by molar-refractivity contribution is 0.0955. The second-order valence-electron chi connectivity index (χ2n) is 6.40. The maximum absolute atomic E-state index is 12.2. The van der Waals surface area contributed by atoms with Crippen molar-refractivity contribution in [3.8, 4) is 0 Å². The maximum Gasteiger partial charge on any atom is 0.261 e. The van der Waals surface area contributed by atoms with Crippen molar-refractivity contribution in [2.24, 2.45) is 0 Å². The quantitative estimate of drug-likeness (QED) is 0.937. The number of hydrogen-bond donors (Lipinski definition) is 1. The predicted octanol–water partition coefficient (Wildman–Crippen LogP) is 3.80. The highest BCUT2D eigenvalue weighted by Gasteiger charge is 2.26. The van der Waals surface area contributed by atoms with E-state index in [0.717, 1.165) is 28.8 Å². The summed E-state index contributed by atoms with van der Waals surface area (Å²) in [5.41, 5.74) is 1.05. The van der Waals surface area contributed by atoms with Crippen molar-refractivity contribution >= 4 is 27.5 Å². The number of aryl methyl sites for hydroxylation is 1. The van der Waals surface area contributed by atoms with Crippen molar-refractivity contribution in [1.82, 2.24) is 15.1 Å². The van der Waals surface area contributed by atoms with Gasteiger partial charge in [-0.15, -0.1) is 11.3 Å². The van der Waals surface area contributed by atoms with E-state index in [9.17, 15) is 4.79 Å². The number of rotatable bonds is 3. The summed E-state index contributed by atoms with van der Waals surface area (Å²) >= 11 is 1.60. The van der Waals surface area contributed by atoms with Gasteiger partial charge in [0, 0.05) is 11.4 Å². The highest BCUT2D eigenvalue weighted by Crippen LogP contribution is 2.35. The monoisotopic (exact) mass is 303 g/mol. The van der Waals surface area contributed by atoms with Gasteiger partial charge in [-0.2, -0.15) is 5.10 Å². The summed E-state index contributed by atoms with van der Waals surface area (Å²) in [4.78, 5) is 14.2. The number of amides is 1. The predicted molar refractivity (Wildman–Crippen MR) is 85.0 cm³/mol. The number of nitrogens with zero attached hydrogens (tertiary/aromatic N) is 2. The SMILES string of the molecule is Cc1nn(C2CCCCC2)c2sc(C(=O)NC3CC3)cc12. The zero-order valence-corrected chi connectivity index (χ0v) is 13.2. The third-order valence-electron chi connectivity index (χ3n) is 4.63. The van der Waals surface area contributed by atoms with Crippen LogP contribution in [0.3, 0.4) is 0 Å². The fraction of sp³-hybridized carbons (Fsp3) is 0.625. The van der Waals surface area contributed by atoms with Gasteiger partial charge in [-0.3, -0.25) is 9.48 Å². The van der Waals surface area contributed by atoms with Gasteiger partial charge in [0.15, 0.2) is 0 Å². The van der Waals surface area contributed by atoms with E-state index in [1.165, 1.54) is 36.9 Å². The molecule has 0 saturated heterocycles. The van der Waals surface area contributed by atoms with Crippen molar-refractivity contribution in [2.75, 3.05) is 0 Å². The van der Waals surface area contributed by atoms with Crippen LogP contribution in [0, 0.1) is 6.92 Å². The Morgan fingerprint density at radius 3 is 2.76 bits per heavy atom. The van der Waals surface area contributed by atoms with E-state index in [0.29, 0.717) is 12.1 Å². The fourth-order valence-electron chi connectivity index (χ4n) is 3.24. The Balaban J connectivity index is 1.67. The summed E-state index contributed by atoms with van der Waals surface area (Å²) in [6, 6.07) is 2.96. The van der Waals surface area contributed by atoms with Crippen LogP contribution in [0.15, 0.2) is 6.07 Å². The molecule has 4 nitrogen and oxygen atoms in total. The third kappa shape index (κ3) is 2.48. The van der Waals surface area contributed by atoms with Gasteiger partial charge in [0.25, 0.3) is 5.91 Å². The number of thiophene rings is 1. The summed E-state index contributed by atoms with van der Waals surface area (Å²) in [5.74, 6) is 0.0910. The van der Waals surface area contributed by atoms with E-state index in [-0.39, 0.29) is 5.91 Å². The summed E-state index contributed by atoms with van der Waals surface area (Å²) < 4.78 is 2.20. The first-order valence-corrected chi connectivity index (χ1v) is 8.83. The Morgan fingerprint density at radius 2 is 2.05 bits per heavy atom. The summed E-state index contributed by atoms with van der Waals surface area (Å²) in [7, 11) is 0. The van der Waals surface area contributed by atoms with Crippen LogP contribution >= 0.6 is 11.3 Å². The minimum atomic E-state index is 0.0910. The first kappa shape index (κ1) is 13.3. The first-order valence-electron chi connectivity index (χ1n) is 8.02. The number of fused-ring (bicyclic) bond motifs is 1. The molecular formula is C16H21N3OS. The van der Waals surface area contributed by atoms with Crippen LogP contribution in [-0.2, 0) is 0 Å². The molecule has 1 N–H and O–H groups in total. The molecule has 4 rings (SSSR count). The summed E-state index contributed by atoms with van der Waals surface area (Å²) in [6.07, 6.45) is 8.64. The molecular weight excluding hydrogens is 282 g/mol. The van der Waals surface area contributed by atoms with Gasteiger partial charge < -0.3 is 5.32 Å². The first-order chi connectivity index (χ1) is 10.2. The topological polar surface area (TPSA) is 46.9 Å². The van der Waals surface area contributed by atoms with E-state index in [4.69, 9.17) is 5.10 Å². The van der Waals surface area contributed by atoms with Crippen LogP contribution in [0.2, 0.25) is 0 Å². The molecule has 112 valence electrons. The largest absolute Gasteiger partial charge is 0.349 e. The lowest BCUT2D eigenvalue weighted by Crippen LogP contribution is -2.24. The van der Waals surface area contributed by atoms with Crippen LogP contribution in [0.4, 0.5) is 0 Å². The lowest BCUT2D eigenvalue weighted by atomic mass is 9.96. The van der Waals surface area contributed by atoms with Gasteiger partial charge in [0.1, 0.15) is 4.83 Å². The maximum atomic E-state index is 12.2. The van der Waals surface area contributed by atoms with Crippen molar-refractivity contribution in [1.29, 1.82) is 0 Å². The molecule has 21 heavy (non-hydrogen) atoms. The molecule has 0 radical (unpaired) electrons. The fourth-order valence-corrected chi connectivity index (χ4v) is 4.38. The molecule has 2 aromatic heterocycles. The van der Waals surface area contributed by atoms with Crippen molar-refractivity contribution in [3.05, 3.63) is 16.6 Å². The molecule has 2 aromatic rings. The summed E-state index contributed by atoms with van der Waals surface area (Å²) in [5, 5.41) is 8.98. The number of aromatic nitrogens is 2. The van der Waals surface area contributed by atoms with Gasteiger partial charge in [-0.25, -0.2) is 0 Å². The number of nitrogens with one attached hydrogen (secondary N) is 1. The highest BCUT2D eigenvalue weighted by molar-refractivity contribution is 7.20. The number of hydrogen-bond acceptors (Lipinski definition) is 3. The van der Waals surface area contributed by atoms with Crippen LogP contribution in [-0.4, -0.2) is 21.7 Å². The number of carbonyl (C=O) groups is 1. The Bertz CT molecular complexity index is 677. The van der Waals surface area contributed by atoms with Gasteiger partial charge >= 0.3 is 0 Å².